The third kappa shape index (κ3) is 2.56. The van der Waals surface area contributed by atoms with Crippen LogP contribution in [0.2, 0.25) is 0 Å². The van der Waals surface area contributed by atoms with Gasteiger partial charge >= 0.3 is 0 Å². The molecule has 1 unspecified atom stereocenters. The molecule has 0 spiro atoms. The van der Waals surface area contributed by atoms with E-state index in [-0.39, 0.29) is 6.04 Å². The maximum atomic E-state index is 13.4. The van der Waals surface area contributed by atoms with Crippen LogP contribution in [0.4, 0.5) is 20.5 Å². The summed E-state index contributed by atoms with van der Waals surface area (Å²) < 4.78 is 28.1. The number of benzene rings is 1. The minimum absolute atomic E-state index is 0.268. The van der Waals surface area contributed by atoms with E-state index in [4.69, 9.17) is 5.73 Å². The quantitative estimate of drug-likeness (QED) is 0.803. The van der Waals surface area contributed by atoms with Crippen LogP contribution >= 0.6 is 0 Å². The summed E-state index contributed by atoms with van der Waals surface area (Å²) in [4.78, 5) is 10.5. The predicted molar refractivity (Wildman–Crippen MR) is 83.9 cm³/mol. The van der Waals surface area contributed by atoms with Crippen molar-refractivity contribution < 1.29 is 8.78 Å². The molecule has 2 aromatic heterocycles. The van der Waals surface area contributed by atoms with Gasteiger partial charge in [-0.3, -0.25) is 4.68 Å². The standard InChI is InChI=1S/C15H16F2N6/c1-8(9-4-5-11(16)12(17)6-9)22(2)15-20-13(18)10-7-19-23(3)14(10)21-15/h4-8H,1-3H3,(H2,18,20,21). The van der Waals surface area contributed by atoms with Crippen LogP contribution in [0.3, 0.4) is 0 Å². The molecule has 8 heteroatoms. The summed E-state index contributed by atoms with van der Waals surface area (Å²) in [5, 5.41) is 4.78. The summed E-state index contributed by atoms with van der Waals surface area (Å²) in [5.74, 6) is -1.05. The van der Waals surface area contributed by atoms with Crippen molar-refractivity contribution in [3.8, 4) is 0 Å². The molecule has 120 valence electrons. The lowest BCUT2D eigenvalue weighted by Crippen LogP contribution is -2.24. The van der Waals surface area contributed by atoms with Crippen molar-refractivity contribution in [2.24, 2.45) is 7.05 Å². The molecule has 0 amide bonds. The Labute approximate surface area is 131 Å². The van der Waals surface area contributed by atoms with E-state index in [0.717, 1.165) is 6.07 Å². The second-order valence-electron chi connectivity index (χ2n) is 5.37. The molecule has 1 atom stereocenters. The second kappa shape index (κ2) is 5.45. The fourth-order valence-corrected chi connectivity index (χ4v) is 2.36. The Morgan fingerprint density at radius 3 is 2.65 bits per heavy atom. The van der Waals surface area contributed by atoms with Crippen LogP contribution in [0.25, 0.3) is 11.0 Å². The highest BCUT2D eigenvalue weighted by molar-refractivity contribution is 5.86. The summed E-state index contributed by atoms with van der Waals surface area (Å²) in [7, 11) is 3.53. The lowest BCUT2D eigenvalue weighted by molar-refractivity contribution is 0.505. The van der Waals surface area contributed by atoms with Crippen molar-refractivity contribution in [2.45, 2.75) is 13.0 Å². The van der Waals surface area contributed by atoms with E-state index >= 15 is 0 Å². The van der Waals surface area contributed by atoms with Gasteiger partial charge in [0, 0.05) is 14.1 Å². The van der Waals surface area contributed by atoms with Crippen molar-refractivity contribution in [1.82, 2.24) is 19.7 Å². The van der Waals surface area contributed by atoms with Gasteiger partial charge in [-0.1, -0.05) is 6.07 Å². The van der Waals surface area contributed by atoms with E-state index in [0.29, 0.717) is 28.4 Å². The third-order valence-electron chi connectivity index (χ3n) is 3.93. The Morgan fingerprint density at radius 2 is 1.96 bits per heavy atom. The number of anilines is 2. The van der Waals surface area contributed by atoms with Crippen molar-refractivity contribution in [2.75, 3.05) is 17.7 Å². The van der Waals surface area contributed by atoms with Crippen LogP contribution in [-0.2, 0) is 7.05 Å². The molecule has 0 bridgehead atoms. The van der Waals surface area contributed by atoms with E-state index < -0.39 is 11.6 Å². The molecule has 2 heterocycles. The number of aryl methyl sites for hydroxylation is 1. The highest BCUT2D eigenvalue weighted by atomic mass is 19.2. The topological polar surface area (TPSA) is 72.9 Å². The lowest BCUT2D eigenvalue weighted by atomic mass is 10.1. The highest BCUT2D eigenvalue weighted by Gasteiger charge is 2.19. The molecule has 0 aliphatic rings. The van der Waals surface area contributed by atoms with E-state index in [1.807, 2.05) is 6.92 Å². The number of nitrogens with zero attached hydrogens (tertiary/aromatic N) is 5. The third-order valence-corrected chi connectivity index (χ3v) is 3.93. The van der Waals surface area contributed by atoms with Gasteiger partial charge < -0.3 is 10.6 Å². The average Bonchev–Trinajstić information content (AvgIpc) is 2.90. The Morgan fingerprint density at radius 1 is 1.22 bits per heavy atom. The average molecular weight is 318 g/mol. The molecule has 0 fully saturated rings. The first-order valence-corrected chi connectivity index (χ1v) is 7.01. The Kier molecular flexibility index (Phi) is 3.59. The minimum atomic E-state index is -0.884. The maximum Gasteiger partial charge on any atom is 0.229 e. The Hall–Kier alpha value is -2.77. The van der Waals surface area contributed by atoms with Crippen molar-refractivity contribution in [3.05, 3.63) is 41.6 Å². The normalized spacial score (nSPS) is 12.6. The zero-order valence-electron chi connectivity index (χ0n) is 13.0. The molecule has 0 aliphatic carbocycles. The molecule has 0 saturated heterocycles. The number of halogens is 2. The van der Waals surface area contributed by atoms with Gasteiger partial charge in [-0.25, -0.2) is 8.78 Å². The van der Waals surface area contributed by atoms with E-state index in [1.54, 1.807) is 29.9 Å². The molecule has 3 rings (SSSR count). The molecular weight excluding hydrogens is 302 g/mol. The molecule has 23 heavy (non-hydrogen) atoms. The zero-order chi connectivity index (χ0) is 16.7. The van der Waals surface area contributed by atoms with Crippen LogP contribution in [0.1, 0.15) is 18.5 Å². The van der Waals surface area contributed by atoms with Crippen LogP contribution in [-0.4, -0.2) is 26.8 Å². The summed E-state index contributed by atoms with van der Waals surface area (Å²) in [6.07, 6.45) is 1.60. The molecule has 0 saturated carbocycles. The van der Waals surface area contributed by atoms with Gasteiger partial charge in [0.05, 0.1) is 17.6 Å². The Balaban J connectivity index is 2.00. The van der Waals surface area contributed by atoms with E-state index in [1.165, 1.54) is 12.1 Å². The molecule has 2 N–H and O–H groups in total. The van der Waals surface area contributed by atoms with Gasteiger partial charge in [0.25, 0.3) is 0 Å². The number of hydrogen-bond donors (Lipinski definition) is 1. The largest absolute Gasteiger partial charge is 0.383 e. The number of nitrogen functional groups attached to an aromatic ring is 1. The van der Waals surface area contributed by atoms with Gasteiger partial charge in [0.15, 0.2) is 17.3 Å². The number of rotatable bonds is 3. The maximum absolute atomic E-state index is 13.4. The van der Waals surface area contributed by atoms with Crippen LogP contribution < -0.4 is 10.6 Å². The Bertz CT molecular complexity index is 876. The molecule has 1 aromatic carbocycles. The first-order valence-electron chi connectivity index (χ1n) is 7.01. The summed E-state index contributed by atoms with van der Waals surface area (Å²) in [6, 6.07) is 3.54. The molecule has 0 radical (unpaired) electrons. The number of aromatic nitrogens is 4. The number of nitrogens with two attached hydrogens (primary N) is 1. The van der Waals surface area contributed by atoms with Crippen LogP contribution in [0.15, 0.2) is 24.4 Å². The number of hydrogen-bond acceptors (Lipinski definition) is 5. The second-order valence-corrected chi connectivity index (χ2v) is 5.37. The molecule has 3 aromatic rings. The van der Waals surface area contributed by atoms with Gasteiger partial charge in [-0.15, -0.1) is 0 Å². The fourth-order valence-electron chi connectivity index (χ4n) is 2.36. The van der Waals surface area contributed by atoms with Crippen molar-refractivity contribution in [1.29, 1.82) is 0 Å². The summed E-state index contributed by atoms with van der Waals surface area (Å²) in [6.45, 7) is 1.85. The summed E-state index contributed by atoms with van der Waals surface area (Å²) in [5.41, 5.74) is 7.17. The van der Waals surface area contributed by atoms with E-state index in [2.05, 4.69) is 15.1 Å². The lowest BCUT2D eigenvalue weighted by Gasteiger charge is -2.25. The van der Waals surface area contributed by atoms with Gasteiger partial charge in [0.1, 0.15) is 5.82 Å². The zero-order valence-corrected chi connectivity index (χ0v) is 13.0. The monoisotopic (exact) mass is 318 g/mol. The van der Waals surface area contributed by atoms with Crippen LogP contribution in [0, 0.1) is 11.6 Å². The smallest absolute Gasteiger partial charge is 0.229 e. The predicted octanol–water partition coefficient (Wildman–Crippen LogP) is 2.42. The fraction of sp³-hybridized carbons (Fsp3) is 0.267. The van der Waals surface area contributed by atoms with Gasteiger partial charge in [-0.2, -0.15) is 15.1 Å². The first-order chi connectivity index (χ1) is 10.9. The van der Waals surface area contributed by atoms with Crippen molar-refractivity contribution >= 4 is 22.8 Å². The molecule has 6 nitrogen and oxygen atoms in total. The highest BCUT2D eigenvalue weighted by Crippen LogP contribution is 2.26. The number of fused-ring (bicyclic) bond motifs is 1. The van der Waals surface area contributed by atoms with Gasteiger partial charge in [-0.05, 0) is 24.6 Å². The van der Waals surface area contributed by atoms with Gasteiger partial charge in [0.2, 0.25) is 5.95 Å². The first kappa shape index (κ1) is 15.1. The van der Waals surface area contributed by atoms with Crippen LogP contribution in [0.5, 0.6) is 0 Å². The SMILES string of the molecule is CC(c1ccc(F)c(F)c1)N(C)c1nc(N)c2cnn(C)c2n1. The van der Waals surface area contributed by atoms with Crippen molar-refractivity contribution in [3.63, 3.8) is 0 Å². The minimum Gasteiger partial charge on any atom is -0.383 e. The summed E-state index contributed by atoms with van der Waals surface area (Å²) >= 11 is 0. The molecular formula is C15H16F2N6. The molecule has 0 aliphatic heterocycles. The van der Waals surface area contributed by atoms with E-state index in [9.17, 15) is 8.78 Å².